The third kappa shape index (κ3) is 6.12. The van der Waals surface area contributed by atoms with Gasteiger partial charge in [0.1, 0.15) is 17.7 Å². The van der Waals surface area contributed by atoms with Crippen LogP contribution in [0.2, 0.25) is 0 Å². The molecule has 1 rings (SSSR count). The van der Waals surface area contributed by atoms with Gasteiger partial charge in [-0.25, -0.2) is 13.6 Å². The van der Waals surface area contributed by atoms with Crippen LogP contribution in [-0.4, -0.2) is 28.8 Å². The Morgan fingerprint density at radius 3 is 2.52 bits per heavy atom. The minimum absolute atomic E-state index is 0.119. The van der Waals surface area contributed by atoms with Gasteiger partial charge in [-0.3, -0.25) is 4.79 Å². The third-order valence-corrected chi connectivity index (χ3v) is 3.64. The van der Waals surface area contributed by atoms with Crippen LogP contribution >= 0.6 is 11.8 Å². The number of carbonyl (C=O) groups excluding carboxylic acids is 1. The van der Waals surface area contributed by atoms with Gasteiger partial charge in [-0.05, 0) is 24.5 Å². The highest BCUT2D eigenvalue weighted by molar-refractivity contribution is 8.00. The van der Waals surface area contributed by atoms with E-state index in [0.717, 1.165) is 23.9 Å². The first kappa shape index (κ1) is 17.4. The number of nitrogens with one attached hydrogen (secondary N) is 1. The van der Waals surface area contributed by atoms with Crippen LogP contribution in [0.4, 0.5) is 8.78 Å². The molecular weight excluding hydrogens is 300 g/mol. The summed E-state index contributed by atoms with van der Waals surface area (Å²) in [4.78, 5) is 22.9. The van der Waals surface area contributed by atoms with Gasteiger partial charge in [0.2, 0.25) is 5.91 Å². The summed E-state index contributed by atoms with van der Waals surface area (Å²) in [7, 11) is 0. The van der Waals surface area contributed by atoms with E-state index in [1.165, 1.54) is 6.07 Å². The van der Waals surface area contributed by atoms with Crippen molar-refractivity contribution in [3.8, 4) is 0 Å². The zero-order valence-corrected chi connectivity index (χ0v) is 12.5. The van der Waals surface area contributed by atoms with Gasteiger partial charge in [0.05, 0.1) is 5.75 Å². The number of amides is 1. The molecule has 0 heterocycles. The van der Waals surface area contributed by atoms with Gasteiger partial charge in [0, 0.05) is 11.0 Å². The van der Waals surface area contributed by atoms with E-state index >= 15 is 0 Å². The molecule has 1 amide bonds. The van der Waals surface area contributed by atoms with E-state index in [2.05, 4.69) is 5.32 Å². The Morgan fingerprint density at radius 2 is 2.00 bits per heavy atom. The standard InChI is InChI=1S/C14H17F2NO3S/c1-8(2)5-11(14(19)20)17-13(18)7-21-12-4-3-9(15)6-10(12)16/h3-4,6,8,11H,5,7H2,1-2H3,(H,17,18)(H,19,20)/t11-/m0/s1. The summed E-state index contributed by atoms with van der Waals surface area (Å²) in [5.74, 6) is -3.06. The maximum atomic E-state index is 13.4. The Bertz CT molecular complexity index is 523. The third-order valence-electron chi connectivity index (χ3n) is 2.59. The minimum atomic E-state index is -1.10. The van der Waals surface area contributed by atoms with Crippen molar-refractivity contribution in [3.63, 3.8) is 0 Å². The highest BCUT2D eigenvalue weighted by atomic mass is 32.2. The predicted molar refractivity (Wildman–Crippen MR) is 76.1 cm³/mol. The van der Waals surface area contributed by atoms with E-state index in [9.17, 15) is 18.4 Å². The molecule has 0 bridgehead atoms. The van der Waals surface area contributed by atoms with Crippen molar-refractivity contribution in [2.24, 2.45) is 5.92 Å². The quantitative estimate of drug-likeness (QED) is 0.759. The highest BCUT2D eigenvalue weighted by Crippen LogP contribution is 2.22. The van der Waals surface area contributed by atoms with E-state index in [0.29, 0.717) is 6.42 Å². The second-order valence-electron chi connectivity index (χ2n) is 4.95. The second-order valence-corrected chi connectivity index (χ2v) is 5.97. The maximum absolute atomic E-state index is 13.4. The molecule has 0 aliphatic rings. The molecule has 0 fully saturated rings. The van der Waals surface area contributed by atoms with Crippen molar-refractivity contribution in [1.82, 2.24) is 5.32 Å². The van der Waals surface area contributed by atoms with Crippen LogP contribution in [0.15, 0.2) is 23.1 Å². The lowest BCUT2D eigenvalue weighted by molar-refractivity contribution is -0.141. The van der Waals surface area contributed by atoms with Crippen LogP contribution in [0.1, 0.15) is 20.3 Å². The number of carboxylic acid groups (broad SMARTS) is 1. The van der Waals surface area contributed by atoms with Crippen molar-refractivity contribution in [3.05, 3.63) is 29.8 Å². The average molecular weight is 317 g/mol. The Labute approximate surface area is 125 Å². The molecule has 21 heavy (non-hydrogen) atoms. The van der Waals surface area contributed by atoms with Gasteiger partial charge in [-0.15, -0.1) is 11.8 Å². The lowest BCUT2D eigenvalue weighted by atomic mass is 10.0. The molecule has 0 aliphatic heterocycles. The number of aliphatic carboxylic acids is 1. The van der Waals surface area contributed by atoms with Crippen LogP contribution in [-0.2, 0) is 9.59 Å². The molecule has 0 spiro atoms. The van der Waals surface area contributed by atoms with Crippen LogP contribution < -0.4 is 5.32 Å². The van der Waals surface area contributed by atoms with E-state index in [-0.39, 0.29) is 16.6 Å². The summed E-state index contributed by atoms with van der Waals surface area (Å²) in [5, 5.41) is 11.4. The number of halogens is 2. The van der Waals surface area contributed by atoms with E-state index in [1.54, 1.807) is 0 Å². The molecule has 0 aliphatic carbocycles. The van der Waals surface area contributed by atoms with Gasteiger partial charge in [0.25, 0.3) is 0 Å². The van der Waals surface area contributed by atoms with E-state index < -0.39 is 29.6 Å². The Morgan fingerprint density at radius 1 is 1.33 bits per heavy atom. The summed E-state index contributed by atoms with van der Waals surface area (Å²) in [6.07, 6.45) is 0.316. The first-order valence-corrected chi connectivity index (χ1v) is 7.38. The highest BCUT2D eigenvalue weighted by Gasteiger charge is 2.21. The molecule has 0 saturated carbocycles. The summed E-state index contributed by atoms with van der Waals surface area (Å²) in [6, 6.07) is 2.11. The summed E-state index contributed by atoms with van der Waals surface area (Å²) >= 11 is 0.890. The summed E-state index contributed by atoms with van der Waals surface area (Å²) in [5.41, 5.74) is 0. The van der Waals surface area contributed by atoms with Gasteiger partial charge in [-0.2, -0.15) is 0 Å². The molecule has 1 atom stereocenters. The average Bonchev–Trinajstić information content (AvgIpc) is 2.36. The van der Waals surface area contributed by atoms with Crippen LogP contribution in [0.5, 0.6) is 0 Å². The number of hydrogen-bond donors (Lipinski definition) is 2. The lowest BCUT2D eigenvalue weighted by Gasteiger charge is -2.16. The molecule has 7 heteroatoms. The smallest absolute Gasteiger partial charge is 0.326 e. The number of carboxylic acids is 1. The van der Waals surface area contributed by atoms with Crippen LogP contribution in [0, 0.1) is 17.6 Å². The fraction of sp³-hybridized carbons (Fsp3) is 0.429. The van der Waals surface area contributed by atoms with Crippen molar-refractivity contribution in [2.45, 2.75) is 31.2 Å². The topological polar surface area (TPSA) is 66.4 Å². The van der Waals surface area contributed by atoms with Crippen LogP contribution in [0.3, 0.4) is 0 Å². The zero-order chi connectivity index (χ0) is 16.0. The molecule has 116 valence electrons. The predicted octanol–water partition coefficient (Wildman–Crippen LogP) is 2.67. The SMILES string of the molecule is CC(C)C[C@H](NC(=O)CSc1ccc(F)cc1F)C(=O)O. The minimum Gasteiger partial charge on any atom is -0.480 e. The molecule has 1 aromatic carbocycles. The molecule has 2 N–H and O–H groups in total. The molecule has 4 nitrogen and oxygen atoms in total. The van der Waals surface area contributed by atoms with Crippen molar-refractivity contribution < 1.29 is 23.5 Å². The molecule has 0 radical (unpaired) electrons. The molecule has 0 saturated heterocycles. The lowest BCUT2D eigenvalue weighted by Crippen LogP contribution is -2.42. The monoisotopic (exact) mass is 317 g/mol. The molecule has 0 aromatic heterocycles. The van der Waals surface area contributed by atoms with Crippen molar-refractivity contribution >= 4 is 23.6 Å². The van der Waals surface area contributed by atoms with Gasteiger partial charge in [0.15, 0.2) is 0 Å². The number of hydrogen-bond acceptors (Lipinski definition) is 3. The molecule has 0 unspecified atom stereocenters. The zero-order valence-electron chi connectivity index (χ0n) is 11.7. The van der Waals surface area contributed by atoms with E-state index in [1.807, 2.05) is 13.8 Å². The largest absolute Gasteiger partial charge is 0.480 e. The van der Waals surface area contributed by atoms with Gasteiger partial charge >= 0.3 is 5.97 Å². The van der Waals surface area contributed by atoms with Gasteiger partial charge in [-0.1, -0.05) is 13.8 Å². The Kier molecular flexibility index (Phi) is 6.61. The summed E-state index contributed by atoms with van der Waals surface area (Å²) in [6.45, 7) is 3.70. The maximum Gasteiger partial charge on any atom is 0.326 e. The number of rotatable bonds is 7. The Balaban J connectivity index is 2.54. The fourth-order valence-corrected chi connectivity index (χ4v) is 2.40. The first-order valence-electron chi connectivity index (χ1n) is 6.39. The van der Waals surface area contributed by atoms with Crippen LogP contribution in [0.25, 0.3) is 0 Å². The number of carbonyl (C=O) groups is 2. The normalized spacial score (nSPS) is 12.2. The van der Waals surface area contributed by atoms with E-state index in [4.69, 9.17) is 5.11 Å². The van der Waals surface area contributed by atoms with Gasteiger partial charge < -0.3 is 10.4 Å². The molecule has 1 aromatic rings. The molecular formula is C14H17F2NO3S. The fourth-order valence-electron chi connectivity index (χ4n) is 1.66. The summed E-state index contributed by atoms with van der Waals surface area (Å²) < 4.78 is 26.1. The Hall–Kier alpha value is -1.63. The van der Waals surface area contributed by atoms with Crippen molar-refractivity contribution in [1.29, 1.82) is 0 Å². The number of thioether (sulfide) groups is 1. The second kappa shape index (κ2) is 7.97. The first-order chi connectivity index (χ1) is 9.79. The van der Waals surface area contributed by atoms with Crippen molar-refractivity contribution in [2.75, 3.05) is 5.75 Å². The number of benzene rings is 1.